The highest BCUT2D eigenvalue weighted by molar-refractivity contribution is 5.79. The maximum Gasteiger partial charge on any atom is 0.227 e. The average molecular weight is 275 g/mol. The minimum Gasteiger partial charge on any atom is -0.389 e. The summed E-state index contributed by atoms with van der Waals surface area (Å²) in [5.74, 6) is 0.0903. The highest BCUT2D eigenvalue weighted by Crippen LogP contribution is 2.23. The smallest absolute Gasteiger partial charge is 0.227 e. The number of benzene rings is 1. The van der Waals surface area contributed by atoms with Gasteiger partial charge in [0.1, 0.15) is 0 Å². The molecule has 1 N–H and O–H groups in total. The van der Waals surface area contributed by atoms with Gasteiger partial charge in [-0.25, -0.2) is 0 Å². The van der Waals surface area contributed by atoms with Crippen LogP contribution < -0.4 is 0 Å². The molecule has 1 aromatic rings. The van der Waals surface area contributed by atoms with Gasteiger partial charge in [-0.05, 0) is 56.7 Å². The van der Waals surface area contributed by atoms with E-state index >= 15 is 0 Å². The van der Waals surface area contributed by atoms with Crippen LogP contribution in [-0.2, 0) is 24.1 Å². The first-order chi connectivity index (χ1) is 9.39. The van der Waals surface area contributed by atoms with Crippen LogP contribution in [0.15, 0.2) is 18.2 Å². The van der Waals surface area contributed by atoms with Crippen LogP contribution in [0.2, 0.25) is 0 Å². The number of rotatable bonds is 5. The molecule has 0 saturated carbocycles. The van der Waals surface area contributed by atoms with Crippen LogP contribution in [-0.4, -0.2) is 34.6 Å². The van der Waals surface area contributed by atoms with E-state index < -0.39 is 5.60 Å². The highest BCUT2D eigenvalue weighted by atomic mass is 16.3. The molecule has 0 bridgehead atoms. The normalized spacial score (nSPS) is 14.2. The van der Waals surface area contributed by atoms with Gasteiger partial charge in [0.25, 0.3) is 0 Å². The lowest BCUT2D eigenvalue weighted by Crippen LogP contribution is -2.42. The molecule has 0 fully saturated rings. The number of amides is 1. The topological polar surface area (TPSA) is 40.5 Å². The van der Waals surface area contributed by atoms with E-state index in [0.29, 0.717) is 19.5 Å². The van der Waals surface area contributed by atoms with Crippen LogP contribution in [0.3, 0.4) is 0 Å². The SMILES string of the molecule is CCN(CC(C)(C)O)C(=O)Cc1ccc2c(c1)CCC2. The second kappa shape index (κ2) is 5.96. The van der Waals surface area contributed by atoms with Crippen molar-refractivity contribution in [2.24, 2.45) is 0 Å². The van der Waals surface area contributed by atoms with Crippen molar-refractivity contribution in [3.63, 3.8) is 0 Å². The molecule has 20 heavy (non-hydrogen) atoms. The van der Waals surface area contributed by atoms with Gasteiger partial charge in [0.15, 0.2) is 0 Å². The van der Waals surface area contributed by atoms with Crippen molar-refractivity contribution in [1.82, 2.24) is 4.90 Å². The predicted molar refractivity (Wildman–Crippen MR) is 80.7 cm³/mol. The average Bonchev–Trinajstić information content (AvgIpc) is 2.82. The summed E-state index contributed by atoms with van der Waals surface area (Å²) < 4.78 is 0. The maximum atomic E-state index is 12.3. The fraction of sp³-hybridized carbons (Fsp3) is 0.588. The number of nitrogens with zero attached hydrogens (tertiary/aromatic N) is 1. The number of fused-ring (bicyclic) bond motifs is 1. The van der Waals surface area contributed by atoms with E-state index in [1.165, 1.54) is 24.0 Å². The van der Waals surface area contributed by atoms with Gasteiger partial charge in [0.05, 0.1) is 12.0 Å². The lowest BCUT2D eigenvalue weighted by atomic mass is 10.0. The van der Waals surface area contributed by atoms with Crippen LogP contribution in [0.1, 0.15) is 43.9 Å². The molecule has 0 heterocycles. The third-order valence-corrected chi connectivity index (χ3v) is 3.83. The van der Waals surface area contributed by atoms with Gasteiger partial charge >= 0.3 is 0 Å². The summed E-state index contributed by atoms with van der Waals surface area (Å²) >= 11 is 0. The minimum absolute atomic E-state index is 0.0903. The first kappa shape index (κ1) is 15.0. The molecule has 2 rings (SSSR count). The standard InChI is InChI=1S/C17H25NO2/c1-4-18(12-17(2,3)20)16(19)11-13-8-9-14-6-5-7-15(14)10-13/h8-10,20H,4-7,11-12H2,1-3H3. The van der Waals surface area contributed by atoms with Gasteiger partial charge in [0, 0.05) is 13.1 Å². The lowest BCUT2D eigenvalue weighted by molar-refractivity contribution is -0.133. The lowest BCUT2D eigenvalue weighted by Gasteiger charge is -2.28. The Balaban J connectivity index is 2.03. The summed E-state index contributed by atoms with van der Waals surface area (Å²) in [4.78, 5) is 14.1. The molecule has 1 aliphatic rings. The van der Waals surface area contributed by atoms with Gasteiger partial charge in [-0.15, -0.1) is 0 Å². The van der Waals surface area contributed by atoms with E-state index in [1.807, 2.05) is 6.92 Å². The summed E-state index contributed by atoms with van der Waals surface area (Å²) in [5, 5.41) is 9.87. The van der Waals surface area contributed by atoms with Crippen molar-refractivity contribution in [2.75, 3.05) is 13.1 Å². The molecule has 3 heteroatoms. The molecule has 1 aromatic carbocycles. The number of carbonyl (C=O) groups is 1. The Bertz CT molecular complexity index is 488. The number of likely N-dealkylation sites (N-methyl/N-ethyl adjacent to an activating group) is 1. The summed E-state index contributed by atoms with van der Waals surface area (Å²) in [6.45, 7) is 6.43. The van der Waals surface area contributed by atoms with Gasteiger partial charge in [-0.1, -0.05) is 18.2 Å². The molecule has 110 valence electrons. The summed E-state index contributed by atoms with van der Waals surface area (Å²) in [6.07, 6.45) is 3.96. The molecule has 3 nitrogen and oxygen atoms in total. The zero-order valence-electron chi connectivity index (χ0n) is 12.8. The van der Waals surface area contributed by atoms with Crippen molar-refractivity contribution in [3.8, 4) is 0 Å². The molecule has 0 aliphatic heterocycles. The summed E-state index contributed by atoms with van der Waals surface area (Å²) in [6, 6.07) is 6.41. The van der Waals surface area contributed by atoms with E-state index in [2.05, 4.69) is 18.2 Å². The van der Waals surface area contributed by atoms with Gasteiger partial charge in [-0.3, -0.25) is 4.79 Å². The molecule has 0 spiro atoms. The molecule has 0 radical (unpaired) electrons. The molecule has 1 amide bonds. The minimum atomic E-state index is -0.844. The molecule has 0 aromatic heterocycles. The second-order valence-electron chi connectivity index (χ2n) is 6.35. The first-order valence-electron chi connectivity index (χ1n) is 7.50. The quantitative estimate of drug-likeness (QED) is 0.896. The number of aliphatic hydroxyl groups is 1. The van der Waals surface area contributed by atoms with Gasteiger partial charge in [-0.2, -0.15) is 0 Å². The van der Waals surface area contributed by atoms with E-state index in [9.17, 15) is 9.90 Å². The van der Waals surface area contributed by atoms with Crippen molar-refractivity contribution < 1.29 is 9.90 Å². The van der Waals surface area contributed by atoms with E-state index in [-0.39, 0.29) is 5.91 Å². The van der Waals surface area contributed by atoms with Gasteiger partial charge < -0.3 is 10.0 Å². The second-order valence-corrected chi connectivity index (χ2v) is 6.35. The van der Waals surface area contributed by atoms with Crippen molar-refractivity contribution >= 4 is 5.91 Å². The summed E-state index contributed by atoms with van der Waals surface area (Å²) in [5.41, 5.74) is 3.08. The van der Waals surface area contributed by atoms with E-state index in [0.717, 1.165) is 12.0 Å². The fourth-order valence-electron chi connectivity index (χ4n) is 2.86. The van der Waals surface area contributed by atoms with Crippen LogP contribution in [0.4, 0.5) is 0 Å². The Morgan fingerprint density at radius 3 is 2.65 bits per heavy atom. The Morgan fingerprint density at radius 1 is 1.30 bits per heavy atom. The molecular weight excluding hydrogens is 250 g/mol. The van der Waals surface area contributed by atoms with Crippen molar-refractivity contribution in [3.05, 3.63) is 34.9 Å². The van der Waals surface area contributed by atoms with Crippen molar-refractivity contribution in [1.29, 1.82) is 0 Å². The van der Waals surface area contributed by atoms with Crippen LogP contribution in [0.5, 0.6) is 0 Å². The predicted octanol–water partition coefficient (Wildman–Crippen LogP) is 2.34. The van der Waals surface area contributed by atoms with E-state index in [4.69, 9.17) is 0 Å². The van der Waals surface area contributed by atoms with Crippen LogP contribution in [0, 0.1) is 0 Å². The monoisotopic (exact) mass is 275 g/mol. The van der Waals surface area contributed by atoms with Gasteiger partial charge in [0.2, 0.25) is 5.91 Å². The van der Waals surface area contributed by atoms with Crippen molar-refractivity contribution in [2.45, 2.75) is 52.1 Å². The molecule has 0 saturated heterocycles. The Labute approximate surface area is 121 Å². The molecule has 1 aliphatic carbocycles. The Kier molecular flexibility index (Phi) is 4.48. The zero-order chi connectivity index (χ0) is 14.8. The zero-order valence-corrected chi connectivity index (χ0v) is 12.8. The largest absolute Gasteiger partial charge is 0.389 e. The summed E-state index contributed by atoms with van der Waals surface area (Å²) in [7, 11) is 0. The number of hydrogen-bond donors (Lipinski definition) is 1. The van der Waals surface area contributed by atoms with E-state index in [1.54, 1.807) is 18.7 Å². The Morgan fingerprint density at radius 2 is 2.00 bits per heavy atom. The van der Waals surface area contributed by atoms with Crippen LogP contribution >= 0.6 is 0 Å². The highest BCUT2D eigenvalue weighted by Gasteiger charge is 2.21. The fourth-order valence-corrected chi connectivity index (χ4v) is 2.86. The molecule has 0 unspecified atom stereocenters. The maximum absolute atomic E-state index is 12.3. The number of aryl methyl sites for hydroxylation is 2. The molecule has 0 atom stereocenters. The third kappa shape index (κ3) is 3.83. The number of carbonyl (C=O) groups excluding carboxylic acids is 1. The number of hydrogen-bond acceptors (Lipinski definition) is 2. The first-order valence-corrected chi connectivity index (χ1v) is 7.50. The third-order valence-electron chi connectivity index (χ3n) is 3.83. The van der Waals surface area contributed by atoms with Crippen LogP contribution in [0.25, 0.3) is 0 Å². The molecular formula is C17H25NO2. The Hall–Kier alpha value is -1.35.